The second kappa shape index (κ2) is 4.69. The van der Waals surface area contributed by atoms with Crippen molar-refractivity contribution in [3.63, 3.8) is 0 Å². The average Bonchev–Trinajstić information content (AvgIpc) is 1.83. The molecule has 0 heterocycles. The van der Waals surface area contributed by atoms with E-state index < -0.39 is 12.5 Å². The van der Waals surface area contributed by atoms with Gasteiger partial charge in [0.1, 0.15) is 6.23 Å². The van der Waals surface area contributed by atoms with Crippen molar-refractivity contribution in [1.29, 1.82) is 0 Å². The highest BCUT2D eigenvalue weighted by molar-refractivity contribution is 4.54. The van der Waals surface area contributed by atoms with Gasteiger partial charge in [0.05, 0.1) is 0 Å². The van der Waals surface area contributed by atoms with Crippen LogP contribution in [-0.2, 0) is 0 Å². The SMILES string of the molecule is [CH2]CC(O)NCC(O)O. The van der Waals surface area contributed by atoms with E-state index in [1.54, 1.807) is 0 Å². The fourth-order valence-electron chi connectivity index (χ4n) is 0.344. The molecular formula is C5H12NO3. The van der Waals surface area contributed by atoms with Gasteiger partial charge in [0, 0.05) is 6.54 Å². The lowest BCUT2D eigenvalue weighted by molar-refractivity contribution is -0.0464. The molecule has 1 radical (unpaired) electrons. The maximum Gasteiger partial charge on any atom is 0.164 e. The van der Waals surface area contributed by atoms with Crippen molar-refractivity contribution in [2.24, 2.45) is 0 Å². The minimum atomic E-state index is -1.41. The Balaban J connectivity index is 3.06. The first-order valence-electron chi connectivity index (χ1n) is 2.73. The number of aliphatic hydroxyl groups excluding tert-OH is 2. The Hall–Kier alpha value is -0.160. The van der Waals surface area contributed by atoms with Gasteiger partial charge in [0.15, 0.2) is 6.29 Å². The minimum Gasteiger partial charge on any atom is -0.379 e. The lowest BCUT2D eigenvalue weighted by Crippen LogP contribution is -2.34. The lowest BCUT2D eigenvalue weighted by atomic mass is 10.4. The summed E-state index contributed by atoms with van der Waals surface area (Å²) in [6, 6.07) is 0. The van der Waals surface area contributed by atoms with E-state index in [1.807, 2.05) is 0 Å². The molecule has 0 rings (SSSR count). The van der Waals surface area contributed by atoms with Crippen molar-refractivity contribution in [3.05, 3.63) is 6.92 Å². The predicted molar refractivity (Wildman–Crippen MR) is 32.2 cm³/mol. The summed E-state index contributed by atoms with van der Waals surface area (Å²) >= 11 is 0. The minimum absolute atomic E-state index is 0.0311. The fraction of sp³-hybridized carbons (Fsp3) is 0.800. The second-order valence-electron chi connectivity index (χ2n) is 1.69. The number of aliphatic hydroxyl groups is 3. The molecule has 1 unspecified atom stereocenters. The molecule has 0 aliphatic carbocycles. The van der Waals surface area contributed by atoms with Crippen molar-refractivity contribution in [3.8, 4) is 0 Å². The van der Waals surface area contributed by atoms with Crippen molar-refractivity contribution in [2.75, 3.05) is 6.54 Å². The molecule has 0 aromatic heterocycles. The van der Waals surface area contributed by atoms with Crippen LogP contribution in [0.3, 0.4) is 0 Å². The van der Waals surface area contributed by atoms with Crippen LogP contribution in [0.25, 0.3) is 0 Å². The lowest BCUT2D eigenvalue weighted by Gasteiger charge is -2.10. The van der Waals surface area contributed by atoms with Gasteiger partial charge in [0.25, 0.3) is 0 Å². The number of hydrogen-bond donors (Lipinski definition) is 4. The molecule has 0 aliphatic rings. The summed E-state index contributed by atoms with van der Waals surface area (Å²) in [7, 11) is 0. The molecule has 0 fully saturated rings. The van der Waals surface area contributed by atoms with Gasteiger partial charge in [-0.1, -0.05) is 0 Å². The van der Waals surface area contributed by atoms with Gasteiger partial charge in [0.2, 0.25) is 0 Å². The highest BCUT2D eigenvalue weighted by Crippen LogP contribution is 1.82. The topological polar surface area (TPSA) is 72.7 Å². The van der Waals surface area contributed by atoms with Gasteiger partial charge in [-0.25, -0.2) is 0 Å². The van der Waals surface area contributed by atoms with Crippen molar-refractivity contribution < 1.29 is 15.3 Å². The summed E-state index contributed by atoms with van der Waals surface area (Å²) < 4.78 is 0. The summed E-state index contributed by atoms with van der Waals surface area (Å²) in [6.45, 7) is 3.36. The van der Waals surface area contributed by atoms with E-state index in [0.29, 0.717) is 6.42 Å². The molecule has 4 heteroatoms. The van der Waals surface area contributed by atoms with E-state index >= 15 is 0 Å². The van der Waals surface area contributed by atoms with Crippen molar-refractivity contribution in [1.82, 2.24) is 5.32 Å². The molecule has 0 aromatic rings. The first-order chi connectivity index (χ1) is 4.16. The maximum atomic E-state index is 8.71. The van der Waals surface area contributed by atoms with Crippen molar-refractivity contribution in [2.45, 2.75) is 18.9 Å². The number of rotatable bonds is 4. The smallest absolute Gasteiger partial charge is 0.164 e. The zero-order valence-electron chi connectivity index (χ0n) is 5.12. The highest BCUT2D eigenvalue weighted by atomic mass is 16.5. The molecule has 0 aromatic carbocycles. The number of hydrogen-bond acceptors (Lipinski definition) is 4. The largest absolute Gasteiger partial charge is 0.379 e. The monoisotopic (exact) mass is 134 g/mol. The molecule has 55 valence electrons. The molecule has 4 N–H and O–H groups in total. The number of nitrogens with one attached hydrogen (secondary N) is 1. The average molecular weight is 134 g/mol. The van der Waals surface area contributed by atoms with E-state index in [9.17, 15) is 0 Å². The predicted octanol–water partition coefficient (Wildman–Crippen LogP) is -1.57. The van der Waals surface area contributed by atoms with Crippen LogP contribution >= 0.6 is 0 Å². The van der Waals surface area contributed by atoms with E-state index in [-0.39, 0.29) is 6.54 Å². The maximum absolute atomic E-state index is 8.71. The molecule has 0 spiro atoms. The summed E-state index contributed by atoms with van der Waals surface area (Å²) in [4.78, 5) is 0. The van der Waals surface area contributed by atoms with Crippen LogP contribution in [0.1, 0.15) is 6.42 Å². The second-order valence-corrected chi connectivity index (χ2v) is 1.69. The van der Waals surface area contributed by atoms with Gasteiger partial charge in [-0.15, -0.1) is 0 Å². The van der Waals surface area contributed by atoms with Gasteiger partial charge in [-0.05, 0) is 13.3 Å². The van der Waals surface area contributed by atoms with Crippen LogP contribution < -0.4 is 5.32 Å². The first kappa shape index (κ1) is 8.84. The van der Waals surface area contributed by atoms with Gasteiger partial charge in [-0.2, -0.15) is 0 Å². The molecule has 0 saturated carbocycles. The van der Waals surface area contributed by atoms with Crippen LogP contribution in [0.2, 0.25) is 0 Å². The third-order valence-corrected chi connectivity index (χ3v) is 0.809. The quantitative estimate of drug-likeness (QED) is 0.350. The molecule has 4 nitrogen and oxygen atoms in total. The van der Waals surface area contributed by atoms with Crippen LogP contribution in [0.15, 0.2) is 0 Å². The summed E-state index contributed by atoms with van der Waals surface area (Å²) in [5.74, 6) is 0. The molecule has 0 aliphatic heterocycles. The standard InChI is InChI=1S/C5H12NO3/c1-2-4(7)6-3-5(8)9/h4-9H,1-3H2. The Morgan fingerprint density at radius 2 is 1.89 bits per heavy atom. The Bertz CT molecular complexity index is 67.2. The molecule has 0 saturated heterocycles. The highest BCUT2D eigenvalue weighted by Gasteiger charge is 2.00. The normalized spacial score (nSPS) is 14.3. The van der Waals surface area contributed by atoms with Crippen LogP contribution in [0.4, 0.5) is 0 Å². The first-order valence-corrected chi connectivity index (χ1v) is 2.73. The Labute approximate surface area is 54.1 Å². The zero-order valence-corrected chi connectivity index (χ0v) is 5.12. The molecular weight excluding hydrogens is 122 g/mol. The third kappa shape index (κ3) is 5.72. The van der Waals surface area contributed by atoms with E-state index in [2.05, 4.69) is 12.2 Å². The Kier molecular flexibility index (Phi) is 4.61. The van der Waals surface area contributed by atoms with Gasteiger partial charge in [-0.3, -0.25) is 5.32 Å². The zero-order chi connectivity index (χ0) is 7.28. The van der Waals surface area contributed by atoms with E-state index in [4.69, 9.17) is 15.3 Å². The summed E-state index contributed by atoms with van der Waals surface area (Å²) in [5.41, 5.74) is 0. The molecule has 9 heavy (non-hydrogen) atoms. The van der Waals surface area contributed by atoms with Crippen molar-refractivity contribution >= 4 is 0 Å². The van der Waals surface area contributed by atoms with E-state index in [0.717, 1.165) is 0 Å². The van der Waals surface area contributed by atoms with Gasteiger partial charge >= 0.3 is 0 Å². The Morgan fingerprint density at radius 3 is 2.22 bits per heavy atom. The molecule has 1 atom stereocenters. The molecule has 0 bridgehead atoms. The fourth-order valence-corrected chi connectivity index (χ4v) is 0.344. The Morgan fingerprint density at radius 1 is 1.33 bits per heavy atom. The van der Waals surface area contributed by atoms with Crippen LogP contribution in [-0.4, -0.2) is 34.4 Å². The van der Waals surface area contributed by atoms with Gasteiger partial charge < -0.3 is 15.3 Å². The summed E-state index contributed by atoms with van der Waals surface area (Å²) in [5, 5.41) is 27.7. The van der Waals surface area contributed by atoms with E-state index in [1.165, 1.54) is 0 Å². The molecule has 0 amide bonds. The van der Waals surface area contributed by atoms with Crippen LogP contribution in [0, 0.1) is 6.92 Å². The summed E-state index contributed by atoms with van der Waals surface area (Å²) in [6.07, 6.45) is -1.84. The third-order valence-electron chi connectivity index (χ3n) is 0.809. The van der Waals surface area contributed by atoms with Crippen LogP contribution in [0.5, 0.6) is 0 Å².